The van der Waals surface area contributed by atoms with Gasteiger partial charge in [0, 0.05) is 12.8 Å². The lowest BCUT2D eigenvalue weighted by atomic mass is 10.2. The minimum atomic E-state index is 1.26. The van der Waals surface area contributed by atoms with E-state index in [4.69, 9.17) is 0 Å². The molecule has 1 heterocycles. The van der Waals surface area contributed by atoms with Crippen LogP contribution >= 0.6 is 0 Å². The maximum atomic E-state index is 2.21. The molecule has 0 aromatic rings. The standard InChI is InChI=1S/C6H11N/c1-7-5-3-2-4-6-7/h5-6H,2-4H2,1H3. The van der Waals surface area contributed by atoms with Gasteiger partial charge in [0.15, 0.2) is 0 Å². The first-order valence-electron chi connectivity index (χ1n) is 2.78. The molecule has 1 aliphatic rings. The largest absolute Gasteiger partial charge is 0.372 e. The van der Waals surface area contributed by atoms with Crippen molar-refractivity contribution in [1.29, 1.82) is 0 Å². The van der Waals surface area contributed by atoms with Gasteiger partial charge in [-0.1, -0.05) is 6.42 Å². The van der Waals surface area contributed by atoms with Crippen LogP contribution in [-0.4, -0.2) is 17.8 Å². The smallest absolute Gasteiger partial charge is 0.105 e. The minimum absolute atomic E-state index is 1.26. The van der Waals surface area contributed by atoms with Crippen LogP contribution in [-0.2, 0) is 0 Å². The Hall–Kier alpha value is -0.460. The minimum Gasteiger partial charge on any atom is -0.372 e. The number of hydrogen-bond donors (Lipinski definition) is 0. The summed E-state index contributed by atoms with van der Waals surface area (Å²) >= 11 is 0. The van der Waals surface area contributed by atoms with Crippen LogP contribution in [0.4, 0.5) is 0 Å². The van der Waals surface area contributed by atoms with Crippen LogP contribution in [0, 0.1) is 6.54 Å². The molecule has 0 amide bonds. The average molecular weight is 97.2 g/mol. The molecule has 1 aliphatic heterocycles. The summed E-state index contributed by atoms with van der Waals surface area (Å²) in [5.41, 5.74) is 0. The van der Waals surface area contributed by atoms with Crippen molar-refractivity contribution in [2.75, 3.05) is 7.05 Å². The summed E-state index contributed by atoms with van der Waals surface area (Å²) in [6.07, 6.45) is 6.06. The summed E-state index contributed by atoms with van der Waals surface area (Å²) in [5.74, 6) is 0. The van der Waals surface area contributed by atoms with E-state index in [0.29, 0.717) is 0 Å². The fourth-order valence-electron chi connectivity index (χ4n) is 0.782. The van der Waals surface area contributed by atoms with Gasteiger partial charge in [0.25, 0.3) is 0 Å². The lowest BCUT2D eigenvalue weighted by Crippen LogP contribution is -2.07. The third kappa shape index (κ3) is 1.22. The maximum absolute atomic E-state index is 2.21. The Labute approximate surface area is 44.7 Å². The molecule has 0 fully saturated rings. The molecule has 1 heteroatoms. The molecule has 0 unspecified atom stereocenters. The van der Waals surface area contributed by atoms with Crippen LogP contribution in [0.5, 0.6) is 0 Å². The van der Waals surface area contributed by atoms with E-state index < -0.39 is 0 Å². The zero-order valence-electron chi connectivity index (χ0n) is 4.72. The molecule has 0 saturated carbocycles. The van der Waals surface area contributed by atoms with E-state index in [9.17, 15) is 0 Å². The van der Waals surface area contributed by atoms with Crippen molar-refractivity contribution in [2.45, 2.75) is 19.3 Å². The molecule has 7 heavy (non-hydrogen) atoms. The first kappa shape index (κ1) is 4.69. The monoisotopic (exact) mass is 97.1 g/mol. The topological polar surface area (TPSA) is 3.01 Å². The maximum Gasteiger partial charge on any atom is 0.105 e. The lowest BCUT2D eigenvalue weighted by molar-refractivity contribution is -0.456. The summed E-state index contributed by atoms with van der Waals surface area (Å²) in [6, 6.07) is 0. The summed E-state index contributed by atoms with van der Waals surface area (Å²) in [4.78, 5) is 0. The van der Waals surface area contributed by atoms with Gasteiger partial charge in [-0.05, 0) is 12.8 Å². The molecular weight excluding hydrogens is 86.1 g/mol. The van der Waals surface area contributed by atoms with E-state index in [1.807, 2.05) is 0 Å². The first-order chi connectivity index (χ1) is 3.39. The van der Waals surface area contributed by atoms with E-state index in [1.54, 1.807) is 0 Å². The Bertz CT molecular complexity index is 84.2. The van der Waals surface area contributed by atoms with Crippen LogP contribution in [0.3, 0.4) is 0 Å². The summed E-state index contributed by atoms with van der Waals surface area (Å²) in [7, 11) is 2.08. The number of rotatable bonds is 0. The molecule has 0 radical (unpaired) electrons. The summed E-state index contributed by atoms with van der Waals surface area (Å²) < 4.78 is 2.14. The normalized spacial score (nSPS) is 20.4. The van der Waals surface area contributed by atoms with Crippen molar-refractivity contribution >= 4 is 6.21 Å². The third-order valence-corrected chi connectivity index (χ3v) is 1.24. The van der Waals surface area contributed by atoms with Crippen LogP contribution in [0.2, 0.25) is 0 Å². The van der Waals surface area contributed by atoms with E-state index in [1.165, 1.54) is 19.3 Å². The Morgan fingerprint density at radius 3 is 2.86 bits per heavy atom. The fourth-order valence-corrected chi connectivity index (χ4v) is 0.782. The van der Waals surface area contributed by atoms with Crippen molar-refractivity contribution in [2.24, 2.45) is 0 Å². The SMILES string of the molecule is C[N+]1=CCCC[CH-]1. The van der Waals surface area contributed by atoms with Crippen LogP contribution < -0.4 is 0 Å². The van der Waals surface area contributed by atoms with Crippen molar-refractivity contribution < 1.29 is 4.58 Å². The highest BCUT2D eigenvalue weighted by atomic mass is 14.9. The van der Waals surface area contributed by atoms with Gasteiger partial charge in [-0.2, -0.15) is 0 Å². The molecule has 40 valence electrons. The summed E-state index contributed by atoms with van der Waals surface area (Å²) in [5, 5.41) is 0. The van der Waals surface area contributed by atoms with E-state index in [0.717, 1.165) is 0 Å². The van der Waals surface area contributed by atoms with Crippen molar-refractivity contribution in [3.63, 3.8) is 0 Å². The molecule has 0 spiro atoms. The van der Waals surface area contributed by atoms with Crippen molar-refractivity contribution in [1.82, 2.24) is 0 Å². The molecular formula is C6H11N. The Kier molecular flexibility index (Phi) is 1.35. The first-order valence-corrected chi connectivity index (χ1v) is 2.78. The molecule has 0 aromatic heterocycles. The average Bonchev–Trinajstić information content (AvgIpc) is 1.69. The summed E-state index contributed by atoms with van der Waals surface area (Å²) in [6.45, 7) is 2.21. The van der Waals surface area contributed by atoms with Gasteiger partial charge in [-0.15, -0.1) is 0 Å². The fraction of sp³-hybridized carbons (Fsp3) is 0.667. The zero-order valence-corrected chi connectivity index (χ0v) is 4.72. The third-order valence-electron chi connectivity index (χ3n) is 1.24. The molecule has 0 saturated heterocycles. The van der Waals surface area contributed by atoms with Crippen molar-refractivity contribution in [3.8, 4) is 0 Å². The molecule has 1 rings (SSSR count). The molecule has 0 N–H and O–H groups in total. The van der Waals surface area contributed by atoms with E-state index in [2.05, 4.69) is 24.4 Å². The highest BCUT2D eigenvalue weighted by Gasteiger charge is 1.92. The highest BCUT2D eigenvalue weighted by molar-refractivity contribution is 5.51. The van der Waals surface area contributed by atoms with E-state index >= 15 is 0 Å². The Morgan fingerprint density at radius 1 is 1.71 bits per heavy atom. The van der Waals surface area contributed by atoms with Gasteiger partial charge >= 0.3 is 0 Å². The van der Waals surface area contributed by atoms with Crippen LogP contribution in [0.15, 0.2) is 0 Å². The lowest BCUT2D eigenvalue weighted by Gasteiger charge is -2.10. The van der Waals surface area contributed by atoms with Gasteiger partial charge in [0.05, 0.1) is 0 Å². The quantitative estimate of drug-likeness (QED) is 0.314. The number of nitrogens with zero attached hydrogens (tertiary/aromatic N) is 1. The second-order valence-corrected chi connectivity index (χ2v) is 1.96. The predicted octanol–water partition coefficient (Wildman–Crippen LogP) is 1.05. The van der Waals surface area contributed by atoms with Gasteiger partial charge in [-0.3, -0.25) is 0 Å². The van der Waals surface area contributed by atoms with Crippen molar-refractivity contribution in [3.05, 3.63) is 6.54 Å². The molecule has 0 aromatic carbocycles. The van der Waals surface area contributed by atoms with Gasteiger partial charge in [0.1, 0.15) is 7.05 Å². The number of hydrogen-bond acceptors (Lipinski definition) is 0. The van der Waals surface area contributed by atoms with Gasteiger partial charge < -0.3 is 4.58 Å². The molecule has 0 atom stereocenters. The Balaban J connectivity index is 2.40. The molecule has 1 nitrogen and oxygen atoms in total. The van der Waals surface area contributed by atoms with Crippen LogP contribution in [0.1, 0.15) is 19.3 Å². The van der Waals surface area contributed by atoms with E-state index in [-0.39, 0.29) is 0 Å². The highest BCUT2D eigenvalue weighted by Crippen LogP contribution is 2.01. The van der Waals surface area contributed by atoms with Gasteiger partial charge in [0.2, 0.25) is 0 Å². The van der Waals surface area contributed by atoms with Gasteiger partial charge in [-0.25, -0.2) is 0 Å². The molecule has 0 bridgehead atoms. The molecule has 0 aliphatic carbocycles. The second kappa shape index (κ2) is 2.01. The Morgan fingerprint density at radius 2 is 2.57 bits per heavy atom. The van der Waals surface area contributed by atoms with Crippen LogP contribution in [0.25, 0.3) is 0 Å². The zero-order chi connectivity index (χ0) is 5.11. The predicted molar refractivity (Wildman–Crippen MR) is 30.4 cm³/mol. The second-order valence-electron chi connectivity index (χ2n) is 1.96.